The van der Waals surface area contributed by atoms with Crippen molar-refractivity contribution in [2.24, 2.45) is 0 Å². The Balaban J connectivity index is 1.79. The van der Waals surface area contributed by atoms with E-state index in [1.807, 2.05) is 0 Å². The van der Waals surface area contributed by atoms with E-state index in [1.165, 1.54) is 24.5 Å². The van der Waals surface area contributed by atoms with Crippen LogP contribution in [0.25, 0.3) is 5.57 Å². The molecule has 0 aliphatic carbocycles. The Morgan fingerprint density at radius 3 is 2.48 bits per heavy atom. The predicted molar refractivity (Wildman–Crippen MR) is 107 cm³/mol. The summed E-state index contributed by atoms with van der Waals surface area (Å²) in [6.45, 7) is 0. The first-order valence-corrected chi connectivity index (χ1v) is 9.40. The van der Waals surface area contributed by atoms with E-state index >= 15 is 0 Å². The third-order valence-electron chi connectivity index (χ3n) is 4.35. The van der Waals surface area contributed by atoms with Crippen molar-refractivity contribution >= 4 is 40.1 Å². The summed E-state index contributed by atoms with van der Waals surface area (Å²) in [7, 11) is 1.48. The van der Waals surface area contributed by atoms with Crippen LogP contribution in [-0.2, 0) is 9.59 Å². The van der Waals surface area contributed by atoms with E-state index in [0.717, 1.165) is 17.0 Å². The molecule has 5 nitrogen and oxygen atoms in total. The van der Waals surface area contributed by atoms with E-state index in [1.54, 1.807) is 41.8 Å². The van der Waals surface area contributed by atoms with Gasteiger partial charge in [-0.15, -0.1) is 11.3 Å². The van der Waals surface area contributed by atoms with Gasteiger partial charge in [0, 0.05) is 22.7 Å². The number of rotatable bonds is 5. The van der Waals surface area contributed by atoms with Crippen molar-refractivity contribution in [1.29, 1.82) is 0 Å². The third-order valence-corrected chi connectivity index (χ3v) is 5.24. The molecule has 1 N–H and O–H groups in total. The van der Waals surface area contributed by atoms with Crippen LogP contribution in [0.1, 0.15) is 4.88 Å². The first-order valence-electron chi connectivity index (χ1n) is 8.52. The molecule has 2 heterocycles. The SMILES string of the molecule is COc1cccc(N2C(=O)C(Nc3ccc(F)c(F)c3)=C(c3cccs3)C2=O)c1. The van der Waals surface area contributed by atoms with Gasteiger partial charge in [-0.25, -0.2) is 13.7 Å². The molecule has 0 fully saturated rings. The zero-order valence-corrected chi connectivity index (χ0v) is 15.9. The lowest BCUT2D eigenvalue weighted by Gasteiger charge is -2.16. The average Bonchev–Trinajstić information content (AvgIpc) is 3.32. The number of methoxy groups -OCH3 is 1. The zero-order valence-electron chi connectivity index (χ0n) is 15.1. The van der Waals surface area contributed by atoms with Crippen molar-refractivity contribution in [3.05, 3.63) is 82.2 Å². The average molecular weight is 412 g/mol. The van der Waals surface area contributed by atoms with Crippen molar-refractivity contribution < 1.29 is 23.1 Å². The molecule has 3 aromatic rings. The van der Waals surface area contributed by atoms with Gasteiger partial charge in [0.15, 0.2) is 11.6 Å². The fraction of sp³-hybridized carbons (Fsp3) is 0.0476. The molecule has 0 bridgehead atoms. The monoisotopic (exact) mass is 412 g/mol. The minimum Gasteiger partial charge on any atom is -0.497 e. The van der Waals surface area contributed by atoms with Crippen LogP contribution in [-0.4, -0.2) is 18.9 Å². The number of amides is 2. The summed E-state index contributed by atoms with van der Waals surface area (Å²) in [4.78, 5) is 27.9. The molecule has 0 saturated heterocycles. The normalized spacial score (nSPS) is 14.0. The topological polar surface area (TPSA) is 58.6 Å². The van der Waals surface area contributed by atoms with Gasteiger partial charge in [-0.3, -0.25) is 9.59 Å². The number of carbonyl (C=O) groups excluding carboxylic acids is 2. The Morgan fingerprint density at radius 2 is 1.79 bits per heavy atom. The Hall–Kier alpha value is -3.52. The summed E-state index contributed by atoms with van der Waals surface area (Å²) in [6.07, 6.45) is 0. The van der Waals surface area contributed by atoms with Gasteiger partial charge < -0.3 is 10.1 Å². The lowest BCUT2D eigenvalue weighted by atomic mass is 10.2. The maximum Gasteiger partial charge on any atom is 0.282 e. The Labute approximate surface area is 168 Å². The van der Waals surface area contributed by atoms with E-state index < -0.39 is 23.4 Å². The molecule has 1 aliphatic rings. The number of anilines is 2. The zero-order chi connectivity index (χ0) is 20.5. The van der Waals surface area contributed by atoms with Gasteiger partial charge in [-0.1, -0.05) is 12.1 Å². The van der Waals surface area contributed by atoms with E-state index in [2.05, 4.69) is 5.32 Å². The lowest BCUT2D eigenvalue weighted by molar-refractivity contribution is -0.120. The largest absolute Gasteiger partial charge is 0.497 e. The van der Waals surface area contributed by atoms with E-state index in [0.29, 0.717) is 16.3 Å². The van der Waals surface area contributed by atoms with E-state index in [-0.39, 0.29) is 17.0 Å². The smallest absolute Gasteiger partial charge is 0.282 e. The van der Waals surface area contributed by atoms with Crippen molar-refractivity contribution in [1.82, 2.24) is 0 Å². The second kappa shape index (κ2) is 7.48. The first kappa shape index (κ1) is 18.8. The van der Waals surface area contributed by atoms with Crippen LogP contribution in [0.5, 0.6) is 5.75 Å². The highest BCUT2D eigenvalue weighted by Crippen LogP contribution is 2.36. The van der Waals surface area contributed by atoms with Crippen LogP contribution in [0.2, 0.25) is 0 Å². The minimum atomic E-state index is -1.06. The van der Waals surface area contributed by atoms with Crippen LogP contribution in [0.15, 0.2) is 65.7 Å². The molecule has 29 heavy (non-hydrogen) atoms. The van der Waals surface area contributed by atoms with Gasteiger partial charge in [0.2, 0.25) is 0 Å². The molecule has 8 heteroatoms. The summed E-state index contributed by atoms with van der Waals surface area (Å²) in [5.74, 6) is -2.69. The summed E-state index contributed by atoms with van der Waals surface area (Å²) in [5.41, 5.74) is 0.654. The molecule has 0 atom stereocenters. The van der Waals surface area contributed by atoms with Crippen LogP contribution in [0.3, 0.4) is 0 Å². The van der Waals surface area contributed by atoms with Gasteiger partial charge in [0.1, 0.15) is 11.4 Å². The maximum absolute atomic E-state index is 13.6. The lowest BCUT2D eigenvalue weighted by Crippen LogP contribution is -2.32. The Morgan fingerprint density at radius 1 is 0.966 bits per heavy atom. The summed E-state index contributed by atoms with van der Waals surface area (Å²) in [5, 5.41) is 4.57. The van der Waals surface area contributed by atoms with Crippen LogP contribution >= 0.6 is 11.3 Å². The number of imide groups is 1. The molecule has 4 rings (SSSR count). The van der Waals surface area contributed by atoms with Crippen molar-refractivity contribution in [2.75, 3.05) is 17.3 Å². The number of nitrogens with zero attached hydrogens (tertiary/aromatic N) is 1. The summed E-state index contributed by atoms with van der Waals surface area (Å²) >= 11 is 1.29. The molecule has 1 aliphatic heterocycles. The molecule has 0 unspecified atom stereocenters. The number of carbonyl (C=O) groups is 2. The van der Waals surface area contributed by atoms with Crippen molar-refractivity contribution in [3.8, 4) is 5.75 Å². The van der Waals surface area contributed by atoms with Crippen molar-refractivity contribution in [2.45, 2.75) is 0 Å². The van der Waals surface area contributed by atoms with Gasteiger partial charge in [0.25, 0.3) is 11.8 Å². The second-order valence-electron chi connectivity index (χ2n) is 6.13. The van der Waals surface area contributed by atoms with Crippen LogP contribution < -0.4 is 15.0 Å². The highest BCUT2D eigenvalue weighted by Gasteiger charge is 2.40. The molecule has 146 valence electrons. The molecule has 0 spiro atoms. The van der Waals surface area contributed by atoms with Gasteiger partial charge >= 0.3 is 0 Å². The van der Waals surface area contributed by atoms with Gasteiger partial charge in [0.05, 0.1) is 18.4 Å². The second-order valence-corrected chi connectivity index (χ2v) is 7.08. The molecule has 0 radical (unpaired) electrons. The number of thiophene rings is 1. The number of benzene rings is 2. The first-order chi connectivity index (χ1) is 14.0. The highest BCUT2D eigenvalue weighted by atomic mass is 32.1. The molecule has 1 aromatic heterocycles. The van der Waals surface area contributed by atoms with Crippen LogP contribution in [0, 0.1) is 11.6 Å². The number of ether oxygens (including phenoxy) is 1. The van der Waals surface area contributed by atoms with Gasteiger partial charge in [-0.2, -0.15) is 0 Å². The van der Waals surface area contributed by atoms with Crippen LogP contribution in [0.4, 0.5) is 20.2 Å². The quantitative estimate of drug-likeness (QED) is 0.630. The third kappa shape index (κ3) is 3.38. The van der Waals surface area contributed by atoms with E-state index in [4.69, 9.17) is 4.74 Å². The number of hydrogen-bond acceptors (Lipinski definition) is 5. The molecular weight excluding hydrogens is 398 g/mol. The summed E-state index contributed by atoms with van der Waals surface area (Å²) in [6, 6.07) is 13.2. The van der Waals surface area contributed by atoms with Gasteiger partial charge in [-0.05, 0) is 35.7 Å². The number of halogens is 2. The minimum absolute atomic E-state index is 0.00808. The summed E-state index contributed by atoms with van der Waals surface area (Å²) < 4.78 is 32.0. The van der Waals surface area contributed by atoms with E-state index in [9.17, 15) is 18.4 Å². The highest BCUT2D eigenvalue weighted by molar-refractivity contribution is 7.11. The molecule has 2 amide bonds. The number of nitrogens with one attached hydrogen (secondary N) is 1. The fourth-order valence-corrected chi connectivity index (χ4v) is 3.77. The Bertz CT molecular complexity index is 1140. The fourth-order valence-electron chi connectivity index (χ4n) is 3.00. The number of hydrogen-bond donors (Lipinski definition) is 1. The predicted octanol–water partition coefficient (Wildman–Crippen LogP) is 4.43. The standard InChI is InChI=1S/C21H14F2N2O3S/c1-28-14-5-2-4-13(11-14)25-20(26)18(17-6-3-9-29-17)19(21(25)27)24-12-7-8-15(22)16(23)10-12/h2-11,24H,1H3. The van der Waals surface area contributed by atoms with Crippen molar-refractivity contribution in [3.63, 3.8) is 0 Å². The molecular formula is C21H14F2N2O3S. The molecule has 0 saturated carbocycles. The molecule has 2 aromatic carbocycles. The maximum atomic E-state index is 13.6. The Kier molecular flexibility index (Phi) is 4.85.